The molecule has 0 aromatic heterocycles. The lowest BCUT2D eigenvalue weighted by Gasteiger charge is -2.58. The fraction of sp³-hybridized carbons (Fsp3) is 0.842. The number of carbonyl (C=O) groups is 1. The Morgan fingerprint density at radius 1 is 1.14 bits per heavy atom. The van der Waals surface area contributed by atoms with Gasteiger partial charge >= 0.3 is 5.97 Å². The highest BCUT2D eigenvalue weighted by Gasteiger charge is 2.62. The maximum absolute atomic E-state index is 12.7. The third kappa shape index (κ3) is 1.62. The lowest BCUT2D eigenvalue weighted by molar-refractivity contribution is -0.158. The van der Waals surface area contributed by atoms with E-state index in [0.717, 1.165) is 12.8 Å². The molecule has 4 rings (SSSR count). The standard InChI is InChI=1S/C19H28O2/c1-17(2)9-5-11-19-12-21-16(20)18(3)10-4-6-14(19)13(18)7-8-15(17)19/h6,13,15H,4-5,7-12H2,1-3H3/t13-,15-,18+,19-/m1/s1. The van der Waals surface area contributed by atoms with Crippen LogP contribution in [0.15, 0.2) is 11.6 Å². The lowest BCUT2D eigenvalue weighted by atomic mass is 9.45. The molecule has 21 heavy (non-hydrogen) atoms. The monoisotopic (exact) mass is 288 g/mol. The van der Waals surface area contributed by atoms with Gasteiger partial charge in [0.15, 0.2) is 0 Å². The van der Waals surface area contributed by atoms with E-state index >= 15 is 0 Å². The van der Waals surface area contributed by atoms with Crippen molar-refractivity contribution in [3.05, 3.63) is 11.6 Å². The molecule has 116 valence electrons. The molecule has 2 nitrogen and oxygen atoms in total. The highest BCUT2D eigenvalue weighted by atomic mass is 16.5. The van der Waals surface area contributed by atoms with Crippen LogP contribution in [0.5, 0.6) is 0 Å². The number of hydrogen-bond acceptors (Lipinski definition) is 2. The maximum Gasteiger partial charge on any atom is 0.312 e. The van der Waals surface area contributed by atoms with Gasteiger partial charge in [-0.05, 0) is 62.7 Å². The maximum atomic E-state index is 12.7. The van der Waals surface area contributed by atoms with Gasteiger partial charge in [0.05, 0.1) is 5.41 Å². The molecule has 4 bridgehead atoms. The number of rotatable bonds is 0. The summed E-state index contributed by atoms with van der Waals surface area (Å²) in [7, 11) is 0. The van der Waals surface area contributed by atoms with Gasteiger partial charge in [0.2, 0.25) is 0 Å². The molecule has 2 heteroatoms. The number of ether oxygens (including phenoxy) is 1. The molecule has 0 aromatic carbocycles. The van der Waals surface area contributed by atoms with Crippen LogP contribution in [0.4, 0.5) is 0 Å². The van der Waals surface area contributed by atoms with Crippen LogP contribution in [0.3, 0.4) is 0 Å². The minimum absolute atomic E-state index is 0.0824. The summed E-state index contributed by atoms with van der Waals surface area (Å²) in [6, 6.07) is 0. The SMILES string of the molecule is CC1(C)CCC[C@@]23COC(=O)[C@@]4(C)CCC=C2[C@H]4CC[C@H]13. The number of carbonyl (C=O) groups excluding carboxylic acids is 1. The van der Waals surface area contributed by atoms with E-state index in [9.17, 15) is 4.79 Å². The van der Waals surface area contributed by atoms with Crippen molar-refractivity contribution in [3.8, 4) is 0 Å². The molecule has 0 unspecified atom stereocenters. The number of hydrogen-bond donors (Lipinski definition) is 0. The van der Waals surface area contributed by atoms with Gasteiger partial charge < -0.3 is 4.74 Å². The van der Waals surface area contributed by atoms with Gasteiger partial charge in [-0.3, -0.25) is 4.79 Å². The normalized spacial score (nSPS) is 47.8. The van der Waals surface area contributed by atoms with Crippen molar-refractivity contribution in [2.75, 3.05) is 6.61 Å². The molecule has 0 N–H and O–H groups in total. The summed E-state index contributed by atoms with van der Waals surface area (Å²) in [6.07, 6.45) is 10.8. The van der Waals surface area contributed by atoms with Crippen LogP contribution in [0.1, 0.15) is 65.7 Å². The Balaban J connectivity index is 1.88. The Hall–Kier alpha value is -0.790. The van der Waals surface area contributed by atoms with Crippen molar-refractivity contribution in [2.45, 2.75) is 65.7 Å². The van der Waals surface area contributed by atoms with E-state index in [0.29, 0.717) is 23.9 Å². The van der Waals surface area contributed by atoms with E-state index in [4.69, 9.17) is 4.74 Å². The zero-order valence-corrected chi connectivity index (χ0v) is 13.7. The molecule has 1 saturated heterocycles. The van der Waals surface area contributed by atoms with Crippen LogP contribution in [0.2, 0.25) is 0 Å². The summed E-state index contributed by atoms with van der Waals surface area (Å²) < 4.78 is 5.91. The Bertz CT molecular complexity index is 518. The van der Waals surface area contributed by atoms with Crippen LogP contribution >= 0.6 is 0 Å². The molecule has 1 spiro atoms. The topological polar surface area (TPSA) is 26.3 Å². The zero-order valence-electron chi connectivity index (χ0n) is 13.7. The van der Waals surface area contributed by atoms with Gasteiger partial charge in [0, 0.05) is 5.41 Å². The predicted octanol–water partition coefficient (Wildman–Crippen LogP) is 4.49. The Morgan fingerprint density at radius 3 is 2.76 bits per heavy atom. The van der Waals surface area contributed by atoms with E-state index in [-0.39, 0.29) is 16.8 Å². The summed E-state index contributed by atoms with van der Waals surface area (Å²) in [6.45, 7) is 7.70. The summed E-state index contributed by atoms with van der Waals surface area (Å²) in [5.41, 5.74) is 1.92. The smallest absolute Gasteiger partial charge is 0.312 e. The van der Waals surface area contributed by atoms with E-state index in [1.807, 2.05) is 0 Å². The third-order valence-corrected chi connectivity index (χ3v) is 7.47. The fourth-order valence-electron chi connectivity index (χ4n) is 6.37. The molecular weight excluding hydrogens is 260 g/mol. The number of allylic oxidation sites excluding steroid dienone is 1. The molecule has 0 aromatic rings. The molecular formula is C19H28O2. The molecule has 0 amide bonds. The van der Waals surface area contributed by atoms with Gasteiger partial charge in [-0.15, -0.1) is 0 Å². The Morgan fingerprint density at radius 2 is 1.95 bits per heavy atom. The van der Waals surface area contributed by atoms with Crippen LogP contribution in [-0.2, 0) is 9.53 Å². The number of cyclic esters (lactones) is 1. The van der Waals surface area contributed by atoms with Gasteiger partial charge in [-0.2, -0.15) is 0 Å². The molecule has 1 heterocycles. The van der Waals surface area contributed by atoms with Crippen LogP contribution in [-0.4, -0.2) is 12.6 Å². The lowest BCUT2D eigenvalue weighted by Crippen LogP contribution is -2.52. The van der Waals surface area contributed by atoms with Gasteiger partial charge in [-0.25, -0.2) is 0 Å². The Kier molecular flexibility index (Phi) is 2.73. The summed E-state index contributed by atoms with van der Waals surface area (Å²) in [5, 5.41) is 0. The van der Waals surface area contributed by atoms with Crippen LogP contribution in [0, 0.1) is 28.1 Å². The van der Waals surface area contributed by atoms with Crippen molar-refractivity contribution in [3.63, 3.8) is 0 Å². The first-order valence-electron chi connectivity index (χ1n) is 8.78. The first kappa shape index (κ1) is 13.8. The summed E-state index contributed by atoms with van der Waals surface area (Å²) in [5.74, 6) is 1.22. The molecule has 2 saturated carbocycles. The van der Waals surface area contributed by atoms with Crippen LogP contribution in [0.25, 0.3) is 0 Å². The summed E-state index contributed by atoms with van der Waals surface area (Å²) in [4.78, 5) is 12.7. The second-order valence-corrected chi connectivity index (χ2v) is 8.87. The van der Waals surface area contributed by atoms with Crippen molar-refractivity contribution in [1.29, 1.82) is 0 Å². The average molecular weight is 288 g/mol. The van der Waals surface area contributed by atoms with Crippen molar-refractivity contribution >= 4 is 5.97 Å². The minimum atomic E-state index is -0.250. The average Bonchev–Trinajstić information content (AvgIpc) is 2.48. The van der Waals surface area contributed by atoms with Gasteiger partial charge in [0.25, 0.3) is 0 Å². The van der Waals surface area contributed by atoms with Crippen molar-refractivity contribution in [1.82, 2.24) is 0 Å². The van der Waals surface area contributed by atoms with Gasteiger partial charge in [-0.1, -0.05) is 31.9 Å². The highest BCUT2D eigenvalue weighted by Crippen LogP contribution is 2.66. The van der Waals surface area contributed by atoms with Gasteiger partial charge in [0.1, 0.15) is 6.61 Å². The second kappa shape index (κ2) is 4.14. The van der Waals surface area contributed by atoms with E-state index in [1.165, 1.54) is 32.1 Å². The van der Waals surface area contributed by atoms with Crippen molar-refractivity contribution < 1.29 is 9.53 Å². The summed E-state index contributed by atoms with van der Waals surface area (Å²) >= 11 is 0. The zero-order chi connectivity index (χ0) is 14.9. The molecule has 1 aliphatic heterocycles. The Labute approximate surface area is 128 Å². The second-order valence-electron chi connectivity index (χ2n) is 8.87. The molecule has 0 radical (unpaired) electrons. The molecule has 4 atom stereocenters. The predicted molar refractivity (Wildman–Crippen MR) is 82.7 cm³/mol. The van der Waals surface area contributed by atoms with Crippen molar-refractivity contribution in [2.24, 2.45) is 28.1 Å². The van der Waals surface area contributed by atoms with E-state index in [1.54, 1.807) is 5.57 Å². The largest absolute Gasteiger partial charge is 0.464 e. The first-order valence-corrected chi connectivity index (χ1v) is 8.78. The number of esters is 1. The van der Waals surface area contributed by atoms with E-state index in [2.05, 4.69) is 26.8 Å². The quantitative estimate of drug-likeness (QED) is 0.485. The first-order chi connectivity index (χ1) is 9.90. The molecule has 3 fully saturated rings. The third-order valence-electron chi connectivity index (χ3n) is 7.47. The van der Waals surface area contributed by atoms with Crippen LogP contribution < -0.4 is 0 Å². The molecule has 4 aliphatic rings. The highest BCUT2D eigenvalue weighted by molar-refractivity contribution is 5.78. The minimum Gasteiger partial charge on any atom is -0.464 e. The van der Waals surface area contributed by atoms with E-state index < -0.39 is 0 Å². The molecule has 3 aliphatic carbocycles. The fourth-order valence-corrected chi connectivity index (χ4v) is 6.37.